The van der Waals surface area contributed by atoms with Crippen molar-refractivity contribution in [2.75, 3.05) is 18.6 Å². The highest BCUT2D eigenvalue weighted by molar-refractivity contribution is 7.98. The van der Waals surface area contributed by atoms with Crippen LogP contribution in [0.4, 0.5) is 13.2 Å². The van der Waals surface area contributed by atoms with Crippen molar-refractivity contribution in [2.24, 2.45) is 0 Å². The zero-order chi connectivity index (χ0) is 15.0. The Morgan fingerprint density at radius 2 is 1.95 bits per heavy atom. The van der Waals surface area contributed by atoms with Crippen LogP contribution in [-0.4, -0.2) is 18.6 Å². The number of hydrogen-bond acceptors (Lipinski definition) is 2. The zero-order valence-corrected chi connectivity index (χ0v) is 12.8. The minimum atomic E-state index is -4.27. The molecule has 0 aliphatic carbocycles. The minimum Gasteiger partial charge on any atom is -0.310 e. The SMILES string of the molecule is CSCCCCCNC(C)c1cccc(C(F)(F)F)c1. The third kappa shape index (κ3) is 6.18. The summed E-state index contributed by atoms with van der Waals surface area (Å²) in [5.41, 5.74) is 0.104. The molecule has 0 saturated heterocycles. The van der Waals surface area contributed by atoms with Gasteiger partial charge in [-0.3, -0.25) is 0 Å². The Bertz CT molecular complexity index is 393. The predicted molar refractivity (Wildman–Crippen MR) is 80.1 cm³/mol. The number of hydrogen-bond donors (Lipinski definition) is 1. The zero-order valence-electron chi connectivity index (χ0n) is 12.0. The maximum absolute atomic E-state index is 12.6. The van der Waals surface area contributed by atoms with E-state index in [1.165, 1.54) is 24.3 Å². The average Bonchev–Trinajstić information content (AvgIpc) is 2.41. The molecule has 0 aliphatic rings. The molecule has 0 aliphatic heterocycles. The molecule has 1 unspecified atom stereocenters. The molecule has 1 aromatic carbocycles. The summed E-state index contributed by atoms with van der Waals surface area (Å²) >= 11 is 1.84. The van der Waals surface area contributed by atoms with E-state index in [4.69, 9.17) is 0 Å². The molecule has 5 heteroatoms. The topological polar surface area (TPSA) is 12.0 Å². The highest BCUT2D eigenvalue weighted by Crippen LogP contribution is 2.30. The molecule has 20 heavy (non-hydrogen) atoms. The average molecular weight is 305 g/mol. The normalized spacial score (nSPS) is 13.4. The summed E-state index contributed by atoms with van der Waals surface area (Å²) in [4.78, 5) is 0. The van der Waals surface area contributed by atoms with Crippen molar-refractivity contribution in [3.05, 3.63) is 35.4 Å². The van der Waals surface area contributed by atoms with Gasteiger partial charge in [-0.2, -0.15) is 24.9 Å². The van der Waals surface area contributed by atoms with Crippen LogP contribution < -0.4 is 5.32 Å². The van der Waals surface area contributed by atoms with Gasteiger partial charge in [-0.1, -0.05) is 18.6 Å². The summed E-state index contributed by atoms with van der Waals surface area (Å²) < 4.78 is 37.9. The van der Waals surface area contributed by atoms with Crippen LogP contribution in [0.15, 0.2) is 24.3 Å². The molecule has 0 spiro atoms. The molecule has 0 bridgehead atoms. The second kappa shape index (κ2) is 8.57. The van der Waals surface area contributed by atoms with Gasteiger partial charge in [-0.25, -0.2) is 0 Å². The monoisotopic (exact) mass is 305 g/mol. The fourth-order valence-electron chi connectivity index (χ4n) is 1.97. The Morgan fingerprint density at radius 3 is 2.60 bits per heavy atom. The molecule has 0 heterocycles. The van der Waals surface area contributed by atoms with E-state index in [-0.39, 0.29) is 6.04 Å². The smallest absolute Gasteiger partial charge is 0.310 e. The van der Waals surface area contributed by atoms with Gasteiger partial charge in [-0.15, -0.1) is 0 Å². The van der Waals surface area contributed by atoms with Crippen LogP contribution in [0, 0.1) is 0 Å². The van der Waals surface area contributed by atoms with Crippen molar-refractivity contribution < 1.29 is 13.2 Å². The van der Waals surface area contributed by atoms with Crippen molar-refractivity contribution in [1.82, 2.24) is 5.32 Å². The van der Waals surface area contributed by atoms with E-state index >= 15 is 0 Å². The lowest BCUT2D eigenvalue weighted by atomic mass is 10.0. The fourth-order valence-corrected chi connectivity index (χ4v) is 2.46. The van der Waals surface area contributed by atoms with Crippen molar-refractivity contribution in [2.45, 2.75) is 38.4 Å². The lowest BCUT2D eigenvalue weighted by Crippen LogP contribution is -2.20. The maximum atomic E-state index is 12.6. The Kier molecular flexibility index (Phi) is 7.45. The van der Waals surface area contributed by atoms with Gasteiger partial charge < -0.3 is 5.32 Å². The molecule has 114 valence electrons. The van der Waals surface area contributed by atoms with Crippen LogP contribution in [0.25, 0.3) is 0 Å². The second-order valence-corrected chi connectivity index (χ2v) is 5.84. The van der Waals surface area contributed by atoms with Crippen LogP contribution in [0.1, 0.15) is 43.4 Å². The molecular formula is C15H22F3NS. The first kappa shape index (κ1) is 17.4. The van der Waals surface area contributed by atoms with Crippen LogP contribution >= 0.6 is 11.8 Å². The molecule has 0 amide bonds. The van der Waals surface area contributed by atoms with E-state index in [9.17, 15) is 13.2 Å². The number of thioether (sulfide) groups is 1. The molecule has 0 aromatic heterocycles. The maximum Gasteiger partial charge on any atom is 0.416 e. The molecule has 0 fully saturated rings. The highest BCUT2D eigenvalue weighted by atomic mass is 32.2. The van der Waals surface area contributed by atoms with Crippen molar-refractivity contribution >= 4 is 11.8 Å². The number of rotatable bonds is 8. The lowest BCUT2D eigenvalue weighted by Gasteiger charge is -2.16. The number of nitrogens with one attached hydrogen (secondary N) is 1. The van der Waals surface area contributed by atoms with Crippen LogP contribution in [0.5, 0.6) is 0 Å². The molecule has 1 atom stereocenters. The van der Waals surface area contributed by atoms with Crippen molar-refractivity contribution in [3.8, 4) is 0 Å². The Hall–Kier alpha value is -0.680. The first-order valence-electron chi connectivity index (χ1n) is 6.84. The van der Waals surface area contributed by atoms with Crippen LogP contribution in [0.2, 0.25) is 0 Å². The first-order chi connectivity index (χ1) is 9.45. The molecule has 0 radical (unpaired) electrons. The van der Waals surface area contributed by atoms with Gasteiger partial charge in [0.2, 0.25) is 0 Å². The predicted octanol–water partition coefficient (Wildman–Crippen LogP) is 4.89. The lowest BCUT2D eigenvalue weighted by molar-refractivity contribution is -0.137. The van der Waals surface area contributed by atoms with E-state index in [2.05, 4.69) is 11.6 Å². The summed E-state index contributed by atoms with van der Waals surface area (Å²) in [6.45, 7) is 2.74. The number of benzene rings is 1. The summed E-state index contributed by atoms with van der Waals surface area (Å²) in [6, 6.07) is 5.48. The van der Waals surface area contributed by atoms with Gasteiger partial charge >= 0.3 is 6.18 Å². The molecule has 1 nitrogen and oxygen atoms in total. The fraction of sp³-hybridized carbons (Fsp3) is 0.600. The van der Waals surface area contributed by atoms with Crippen LogP contribution in [0.3, 0.4) is 0 Å². The Balaban J connectivity index is 2.41. The third-order valence-electron chi connectivity index (χ3n) is 3.19. The summed E-state index contributed by atoms with van der Waals surface area (Å²) in [6.07, 6.45) is 1.23. The summed E-state index contributed by atoms with van der Waals surface area (Å²) in [7, 11) is 0. The van der Waals surface area contributed by atoms with E-state index in [1.54, 1.807) is 6.07 Å². The quantitative estimate of drug-likeness (QED) is 0.686. The Morgan fingerprint density at radius 1 is 1.20 bits per heavy atom. The first-order valence-corrected chi connectivity index (χ1v) is 8.24. The van der Waals surface area contributed by atoms with Crippen molar-refractivity contribution in [1.29, 1.82) is 0 Å². The third-order valence-corrected chi connectivity index (χ3v) is 3.89. The van der Waals surface area contributed by atoms with Gasteiger partial charge in [0.25, 0.3) is 0 Å². The molecule has 1 N–H and O–H groups in total. The van der Waals surface area contributed by atoms with Crippen molar-refractivity contribution in [3.63, 3.8) is 0 Å². The van der Waals surface area contributed by atoms with Gasteiger partial charge in [0.15, 0.2) is 0 Å². The van der Waals surface area contributed by atoms with E-state index in [0.717, 1.165) is 25.5 Å². The molecule has 1 rings (SSSR count). The largest absolute Gasteiger partial charge is 0.416 e. The van der Waals surface area contributed by atoms with Gasteiger partial charge in [-0.05, 0) is 56.0 Å². The summed E-state index contributed by atoms with van der Waals surface area (Å²) in [5.74, 6) is 1.17. The van der Waals surface area contributed by atoms with Crippen LogP contribution in [-0.2, 0) is 6.18 Å². The minimum absolute atomic E-state index is 0.0575. The Labute approximate surface area is 123 Å². The highest BCUT2D eigenvalue weighted by Gasteiger charge is 2.30. The van der Waals surface area contributed by atoms with Gasteiger partial charge in [0, 0.05) is 6.04 Å². The number of alkyl halides is 3. The molecule has 0 saturated carbocycles. The number of unbranched alkanes of at least 4 members (excludes halogenated alkanes) is 2. The molecule has 1 aromatic rings. The van der Waals surface area contributed by atoms with Gasteiger partial charge in [0.05, 0.1) is 5.56 Å². The molecular weight excluding hydrogens is 283 g/mol. The second-order valence-electron chi connectivity index (χ2n) is 4.85. The van der Waals surface area contributed by atoms with E-state index < -0.39 is 11.7 Å². The standard InChI is InChI=1S/C15H22F3NS/c1-12(19-9-4-3-5-10-20-2)13-7-6-8-14(11-13)15(16,17)18/h6-8,11-12,19H,3-5,9-10H2,1-2H3. The summed E-state index contributed by atoms with van der Waals surface area (Å²) in [5, 5.41) is 3.28. The number of halogens is 3. The van der Waals surface area contributed by atoms with Gasteiger partial charge in [0.1, 0.15) is 0 Å². The van der Waals surface area contributed by atoms with E-state index in [1.807, 2.05) is 18.7 Å². The van der Waals surface area contributed by atoms with E-state index in [0.29, 0.717) is 5.56 Å².